The second-order valence-electron chi connectivity index (χ2n) is 14.0. The summed E-state index contributed by atoms with van der Waals surface area (Å²) in [6.45, 7) is 0. The third kappa shape index (κ3) is 5.46. The Morgan fingerprint density at radius 3 is 1.55 bits per heavy atom. The molecule has 11 aromatic rings. The molecule has 9 aromatic carbocycles. The molecule has 2 aromatic heterocycles. The van der Waals surface area contributed by atoms with Crippen molar-refractivity contribution < 1.29 is 0 Å². The van der Waals surface area contributed by atoms with Crippen LogP contribution < -0.4 is 0 Å². The lowest BCUT2D eigenvalue weighted by Gasteiger charge is -2.14. The highest BCUT2D eigenvalue weighted by Gasteiger charge is 2.16. The van der Waals surface area contributed by atoms with Crippen molar-refractivity contribution in [1.82, 2.24) is 15.0 Å². The van der Waals surface area contributed by atoms with Crippen LogP contribution in [0.15, 0.2) is 188 Å². The van der Waals surface area contributed by atoms with E-state index in [1.54, 1.807) is 0 Å². The number of nitrogens with zero attached hydrogens (tertiary/aromatic N) is 3. The van der Waals surface area contributed by atoms with E-state index in [2.05, 4.69) is 170 Å². The minimum Gasteiger partial charge on any atom is -0.208 e. The Morgan fingerprint density at radius 1 is 0.273 bits per heavy atom. The molecule has 0 fully saturated rings. The molecule has 0 amide bonds. The number of aromatic nitrogens is 3. The molecule has 0 bridgehead atoms. The number of rotatable bonds is 5. The second kappa shape index (κ2) is 12.8. The molecule has 256 valence electrons. The Bertz CT molecular complexity index is 3240. The first-order valence-corrected chi connectivity index (χ1v) is 19.3. The van der Waals surface area contributed by atoms with Crippen LogP contribution >= 0.6 is 11.3 Å². The summed E-state index contributed by atoms with van der Waals surface area (Å²) in [5.41, 5.74) is 7.64. The van der Waals surface area contributed by atoms with Gasteiger partial charge in [0.1, 0.15) is 0 Å². The van der Waals surface area contributed by atoms with Crippen LogP contribution in [0.1, 0.15) is 0 Å². The Morgan fingerprint density at radius 2 is 0.800 bits per heavy atom. The highest BCUT2D eigenvalue weighted by atomic mass is 32.1. The van der Waals surface area contributed by atoms with E-state index in [9.17, 15) is 0 Å². The smallest absolute Gasteiger partial charge is 0.164 e. The second-order valence-corrected chi connectivity index (χ2v) is 15.1. The van der Waals surface area contributed by atoms with Gasteiger partial charge in [-0.05, 0) is 84.9 Å². The number of hydrogen-bond donors (Lipinski definition) is 0. The topological polar surface area (TPSA) is 38.7 Å². The lowest BCUT2D eigenvalue weighted by atomic mass is 9.89. The molecule has 0 spiro atoms. The zero-order valence-electron chi connectivity index (χ0n) is 29.6. The van der Waals surface area contributed by atoms with E-state index in [0.717, 1.165) is 27.8 Å². The van der Waals surface area contributed by atoms with E-state index < -0.39 is 0 Å². The molecule has 55 heavy (non-hydrogen) atoms. The summed E-state index contributed by atoms with van der Waals surface area (Å²) < 4.78 is 2.53. The fraction of sp³-hybridized carbons (Fsp3) is 0. The molecule has 0 N–H and O–H groups in total. The largest absolute Gasteiger partial charge is 0.208 e. The minimum absolute atomic E-state index is 0.649. The molecule has 0 atom stereocenters. The third-order valence-electron chi connectivity index (χ3n) is 10.7. The van der Waals surface area contributed by atoms with Gasteiger partial charge >= 0.3 is 0 Å². The fourth-order valence-corrected chi connectivity index (χ4v) is 9.07. The monoisotopic (exact) mass is 717 g/mol. The molecule has 0 unspecified atom stereocenters. The van der Waals surface area contributed by atoms with Crippen LogP contribution in [0.5, 0.6) is 0 Å². The van der Waals surface area contributed by atoms with Gasteiger partial charge in [0.25, 0.3) is 0 Å². The normalized spacial score (nSPS) is 11.6. The molecular weight excluding hydrogens is 687 g/mol. The van der Waals surface area contributed by atoms with E-state index in [1.165, 1.54) is 63.6 Å². The van der Waals surface area contributed by atoms with Gasteiger partial charge in [0.2, 0.25) is 0 Å². The van der Waals surface area contributed by atoms with Crippen LogP contribution in [-0.4, -0.2) is 15.0 Å². The molecule has 0 saturated heterocycles. The summed E-state index contributed by atoms with van der Waals surface area (Å²) in [5, 5.41) is 10.1. The van der Waals surface area contributed by atoms with E-state index in [4.69, 9.17) is 15.0 Å². The van der Waals surface area contributed by atoms with Crippen molar-refractivity contribution >= 4 is 63.8 Å². The summed E-state index contributed by atoms with van der Waals surface area (Å²) in [6.07, 6.45) is 0. The van der Waals surface area contributed by atoms with Crippen molar-refractivity contribution in [1.29, 1.82) is 0 Å². The first-order valence-electron chi connectivity index (χ1n) is 18.5. The molecule has 0 saturated carbocycles. The summed E-state index contributed by atoms with van der Waals surface area (Å²) in [7, 11) is 0. The number of fused-ring (bicyclic) bond motifs is 7. The molecule has 3 nitrogen and oxygen atoms in total. The lowest BCUT2D eigenvalue weighted by Crippen LogP contribution is -2.00. The third-order valence-corrected chi connectivity index (χ3v) is 11.9. The van der Waals surface area contributed by atoms with Crippen LogP contribution in [-0.2, 0) is 0 Å². The molecule has 0 aliphatic heterocycles. The Balaban J connectivity index is 0.971. The first-order chi connectivity index (χ1) is 27.2. The van der Waals surface area contributed by atoms with Crippen LogP contribution in [0, 0.1) is 0 Å². The van der Waals surface area contributed by atoms with Gasteiger partial charge in [-0.15, -0.1) is 11.3 Å². The Labute approximate surface area is 321 Å². The minimum atomic E-state index is 0.649. The van der Waals surface area contributed by atoms with Gasteiger partial charge < -0.3 is 0 Å². The summed E-state index contributed by atoms with van der Waals surface area (Å²) in [4.78, 5) is 15.1. The zero-order valence-corrected chi connectivity index (χ0v) is 30.5. The summed E-state index contributed by atoms with van der Waals surface area (Å²) >= 11 is 1.81. The Kier molecular flexibility index (Phi) is 7.35. The standard InChI is InChI=1S/C51H31N3S/c1-2-11-36(12-3-1)49-52-50(54-51(53-49)39-27-29-47-45(31-39)42-16-8-9-17-46(42)55-47)37-24-20-33(21-25-37)32-18-22-35(23-19-32)48-41-15-7-5-13-38(41)30-44-40-14-6-4-10-34(40)26-28-43(44)48/h1-31H. The quantitative estimate of drug-likeness (QED) is 0.131. The predicted molar refractivity (Wildman–Crippen MR) is 232 cm³/mol. The van der Waals surface area contributed by atoms with Crippen LogP contribution in [0.4, 0.5) is 0 Å². The SMILES string of the molecule is c1ccc(-c2nc(-c3ccc(-c4ccc(-c5c6ccccc6cc6c5ccc5ccccc56)cc4)cc3)nc(-c3ccc4sc5ccccc5c4c3)n2)cc1. The van der Waals surface area contributed by atoms with Crippen molar-refractivity contribution in [3.05, 3.63) is 188 Å². The zero-order chi connectivity index (χ0) is 36.3. The van der Waals surface area contributed by atoms with Gasteiger partial charge in [-0.25, -0.2) is 15.0 Å². The number of hydrogen-bond acceptors (Lipinski definition) is 4. The van der Waals surface area contributed by atoms with Gasteiger partial charge in [0.15, 0.2) is 17.5 Å². The van der Waals surface area contributed by atoms with Crippen molar-refractivity contribution in [2.45, 2.75) is 0 Å². The predicted octanol–water partition coefficient (Wildman–Crippen LogP) is 14.0. The van der Waals surface area contributed by atoms with Gasteiger partial charge in [0, 0.05) is 36.9 Å². The van der Waals surface area contributed by atoms with Gasteiger partial charge in [0.05, 0.1) is 0 Å². The summed E-state index contributed by atoms with van der Waals surface area (Å²) in [6, 6.07) is 67.1. The highest BCUT2D eigenvalue weighted by molar-refractivity contribution is 7.25. The van der Waals surface area contributed by atoms with Crippen molar-refractivity contribution in [3.63, 3.8) is 0 Å². The van der Waals surface area contributed by atoms with Crippen molar-refractivity contribution in [2.24, 2.45) is 0 Å². The van der Waals surface area contributed by atoms with Crippen molar-refractivity contribution in [2.75, 3.05) is 0 Å². The molecule has 4 heteroatoms. The molecule has 11 rings (SSSR count). The van der Waals surface area contributed by atoms with Gasteiger partial charge in [-0.2, -0.15) is 0 Å². The van der Waals surface area contributed by atoms with Crippen LogP contribution in [0.3, 0.4) is 0 Å². The van der Waals surface area contributed by atoms with Gasteiger partial charge in [-0.1, -0.05) is 158 Å². The van der Waals surface area contributed by atoms with E-state index in [0.29, 0.717) is 17.5 Å². The first kappa shape index (κ1) is 31.5. The molecule has 0 aliphatic carbocycles. The van der Waals surface area contributed by atoms with E-state index >= 15 is 0 Å². The number of thiophene rings is 1. The maximum atomic E-state index is 5.07. The average molecular weight is 718 g/mol. The van der Waals surface area contributed by atoms with Crippen LogP contribution in [0.25, 0.3) is 109 Å². The maximum Gasteiger partial charge on any atom is 0.164 e. The Hall–Kier alpha value is -7.01. The van der Waals surface area contributed by atoms with Crippen molar-refractivity contribution in [3.8, 4) is 56.4 Å². The molecule has 0 radical (unpaired) electrons. The van der Waals surface area contributed by atoms with Gasteiger partial charge in [-0.3, -0.25) is 0 Å². The maximum absolute atomic E-state index is 5.07. The number of benzene rings is 9. The molecule has 2 heterocycles. The molecular formula is C51H31N3S. The van der Waals surface area contributed by atoms with Crippen LogP contribution in [0.2, 0.25) is 0 Å². The van der Waals surface area contributed by atoms with E-state index in [-0.39, 0.29) is 0 Å². The molecule has 0 aliphatic rings. The summed E-state index contributed by atoms with van der Waals surface area (Å²) in [5.74, 6) is 1.97. The average Bonchev–Trinajstić information content (AvgIpc) is 3.64. The van der Waals surface area contributed by atoms with E-state index in [1.807, 2.05) is 29.5 Å². The highest BCUT2D eigenvalue weighted by Crippen LogP contribution is 2.40. The lowest BCUT2D eigenvalue weighted by molar-refractivity contribution is 1.07. The fourth-order valence-electron chi connectivity index (χ4n) is 7.99.